The Balaban J connectivity index is 1.50. The van der Waals surface area contributed by atoms with E-state index in [1.807, 2.05) is 35.7 Å². The second-order valence-corrected chi connectivity index (χ2v) is 5.54. The molecule has 0 radical (unpaired) electrons. The minimum absolute atomic E-state index is 0.131. The van der Waals surface area contributed by atoms with E-state index in [2.05, 4.69) is 10.3 Å². The van der Waals surface area contributed by atoms with E-state index in [9.17, 15) is 4.79 Å². The highest BCUT2D eigenvalue weighted by molar-refractivity contribution is 7.13. The molecule has 0 spiro atoms. The van der Waals surface area contributed by atoms with Gasteiger partial charge in [-0.25, -0.2) is 9.78 Å². The van der Waals surface area contributed by atoms with E-state index in [1.54, 1.807) is 0 Å². The molecule has 0 bridgehead atoms. The molecule has 6 nitrogen and oxygen atoms in total. The molecule has 1 aliphatic rings. The number of esters is 1. The molecule has 2 heterocycles. The highest BCUT2D eigenvalue weighted by Gasteiger charge is 2.24. The minimum Gasteiger partial charge on any atom is -0.457 e. The van der Waals surface area contributed by atoms with Gasteiger partial charge >= 0.3 is 5.97 Å². The van der Waals surface area contributed by atoms with Crippen LogP contribution in [-0.2, 0) is 25.6 Å². The number of ether oxygens (including phenoxy) is 3. The molecule has 1 aromatic heterocycles. The second kappa shape index (κ2) is 7.35. The third-order valence-electron chi connectivity index (χ3n) is 3.02. The quantitative estimate of drug-likeness (QED) is 0.853. The van der Waals surface area contributed by atoms with Crippen LogP contribution in [0.1, 0.15) is 5.69 Å². The summed E-state index contributed by atoms with van der Waals surface area (Å²) in [5.41, 5.74) is 1.67. The molecule has 3 rings (SSSR count). The fourth-order valence-electron chi connectivity index (χ4n) is 1.94. The molecule has 0 aliphatic carbocycles. The maximum absolute atomic E-state index is 11.8. The number of hydrogen-bond donors (Lipinski definition) is 1. The van der Waals surface area contributed by atoms with Crippen LogP contribution in [0.15, 0.2) is 35.7 Å². The number of carbonyl (C=O) groups is 1. The minimum atomic E-state index is -0.630. The van der Waals surface area contributed by atoms with E-state index in [1.165, 1.54) is 11.3 Å². The molecule has 1 fully saturated rings. The van der Waals surface area contributed by atoms with Gasteiger partial charge in [-0.3, -0.25) is 0 Å². The first kappa shape index (κ1) is 15.0. The Morgan fingerprint density at radius 3 is 3.00 bits per heavy atom. The average Bonchev–Trinajstić information content (AvgIpc) is 3.02. The van der Waals surface area contributed by atoms with Gasteiger partial charge in [-0.15, -0.1) is 11.3 Å². The summed E-state index contributed by atoms with van der Waals surface area (Å²) < 4.78 is 15.7. The SMILES string of the molecule is O=C(OCc1csc(Nc2ccccc2)n1)C1COCCO1. The summed E-state index contributed by atoms with van der Waals surface area (Å²) in [6.45, 7) is 1.31. The molecule has 116 valence electrons. The fourth-order valence-corrected chi connectivity index (χ4v) is 2.65. The number of nitrogens with one attached hydrogen (secondary N) is 1. The van der Waals surface area contributed by atoms with Gasteiger partial charge in [-0.05, 0) is 12.1 Å². The summed E-state index contributed by atoms with van der Waals surface area (Å²) in [7, 11) is 0. The Hall–Kier alpha value is -1.96. The highest BCUT2D eigenvalue weighted by Crippen LogP contribution is 2.21. The van der Waals surface area contributed by atoms with Crippen molar-refractivity contribution in [1.82, 2.24) is 4.98 Å². The fraction of sp³-hybridized carbons (Fsp3) is 0.333. The van der Waals surface area contributed by atoms with Gasteiger partial charge in [-0.2, -0.15) is 0 Å². The van der Waals surface area contributed by atoms with Crippen molar-refractivity contribution in [3.8, 4) is 0 Å². The lowest BCUT2D eigenvalue weighted by molar-refractivity contribution is -0.172. The number of hydrogen-bond acceptors (Lipinski definition) is 7. The average molecular weight is 320 g/mol. The second-order valence-electron chi connectivity index (χ2n) is 4.68. The molecule has 1 saturated heterocycles. The van der Waals surface area contributed by atoms with Crippen LogP contribution in [0.2, 0.25) is 0 Å². The van der Waals surface area contributed by atoms with Crippen LogP contribution in [0, 0.1) is 0 Å². The van der Waals surface area contributed by atoms with Crippen molar-refractivity contribution in [1.29, 1.82) is 0 Å². The predicted octanol–water partition coefficient (Wildman–Crippen LogP) is 2.35. The van der Waals surface area contributed by atoms with Gasteiger partial charge in [0.15, 0.2) is 11.2 Å². The Morgan fingerprint density at radius 2 is 2.23 bits per heavy atom. The van der Waals surface area contributed by atoms with E-state index >= 15 is 0 Å². The van der Waals surface area contributed by atoms with Crippen molar-refractivity contribution in [2.75, 3.05) is 25.1 Å². The van der Waals surface area contributed by atoms with Crippen molar-refractivity contribution in [2.45, 2.75) is 12.7 Å². The highest BCUT2D eigenvalue weighted by atomic mass is 32.1. The standard InChI is InChI=1S/C15H16N2O4S/c18-14(13-9-19-6-7-20-13)21-8-12-10-22-15(17-12)16-11-4-2-1-3-5-11/h1-5,10,13H,6-9H2,(H,16,17). The van der Waals surface area contributed by atoms with Gasteiger partial charge in [0, 0.05) is 11.1 Å². The summed E-state index contributed by atoms with van der Waals surface area (Å²) in [5, 5.41) is 5.81. The van der Waals surface area contributed by atoms with Crippen molar-refractivity contribution >= 4 is 28.1 Å². The van der Waals surface area contributed by atoms with Crippen LogP contribution in [0.25, 0.3) is 0 Å². The molecule has 0 saturated carbocycles. The van der Waals surface area contributed by atoms with E-state index in [-0.39, 0.29) is 13.2 Å². The van der Waals surface area contributed by atoms with Crippen LogP contribution < -0.4 is 5.32 Å². The van der Waals surface area contributed by atoms with Crippen molar-refractivity contribution in [3.63, 3.8) is 0 Å². The summed E-state index contributed by atoms with van der Waals surface area (Å²) in [6, 6.07) is 9.77. The maximum Gasteiger partial charge on any atom is 0.338 e. The molecule has 1 unspecified atom stereocenters. The van der Waals surface area contributed by atoms with E-state index in [0.29, 0.717) is 18.9 Å². The predicted molar refractivity (Wildman–Crippen MR) is 82.2 cm³/mol. The number of carbonyl (C=O) groups excluding carboxylic acids is 1. The Kier molecular flexibility index (Phi) is 4.99. The van der Waals surface area contributed by atoms with Gasteiger partial charge < -0.3 is 19.5 Å². The van der Waals surface area contributed by atoms with Crippen LogP contribution in [0.4, 0.5) is 10.8 Å². The van der Waals surface area contributed by atoms with Crippen LogP contribution in [-0.4, -0.2) is 36.9 Å². The van der Waals surface area contributed by atoms with Crippen molar-refractivity contribution in [3.05, 3.63) is 41.4 Å². The van der Waals surface area contributed by atoms with Crippen LogP contribution in [0.3, 0.4) is 0 Å². The summed E-state index contributed by atoms with van der Waals surface area (Å²) in [5.74, 6) is -0.412. The summed E-state index contributed by atoms with van der Waals surface area (Å²) >= 11 is 1.46. The topological polar surface area (TPSA) is 69.7 Å². The number of rotatable bonds is 5. The van der Waals surface area contributed by atoms with Crippen molar-refractivity contribution < 1.29 is 19.0 Å². The molecule has 22 heavy (non-hydrogen) atoms. The first-order valence-electron chi connectivity index (χ1n) is 6.94. The first-order chi connectivity index (χ1) is 10.8. The molecule has 1 aliphatic heterocycles. The molecule has 2 aromatic rings. The van der Waals surface area contributed by atoms with Gasteiger partial charge in [0.1, 0.15) is 6.61 Å². The van der Waals surface area contributed by atoms with Crippen molar-refractivity contribution in [2.24, 2.45) is 0 Å². The Morgan fingerprint density at radius 1 is 1.36 bits per heavy atom. The number of thiazole rings is 1. The van der Waals surface area contributed by atoms with Crippen LogP contribution in [0.5, 0.6) is 0 Å². The normalized spacial score (nSPS) is 17.9. The molecule has 7 heteroatoms. The first-order valence-corrected chi connectivity index (χ1v) is 7.82. The largest absolute Gasteiger partial charge is 0.457 e. The molecular formula is C15H16N2O4S. The zero-order valence-corrected chi connectivity index (χ0v) is 12.7. The van der Waals surface area contributed by atoms with E-state index < -0.39 is 12.1 Å². The van der Waals surface area contributed by atoms with Gasteiger partial charge in [0.05, 0.1) is 25.5 Å². The zero-order valence-electron chi connectivity index (χ0n) is 11.9. The number of nitrogens with zero attached hydrogens (tertiary/aromatic N) is 1. The lowest BCUT2D eigenvalue weighted by atomic mass is 10.3. The Labute approximate surface area is 132 Å². The summed E-state index contributed by atoms with van der Waals surface area (Å²) in [6.07, 6.45) is -0.630. The van der Waals surface area contributed by atoms with Gasteiger partial charge in [0.2, 0.25) is 0 Å². The molecule has 1 aromatic carbocycles. The molecular weight excluding hydrogens is 304 g/mol. The van der Waals surface area contributed by atoms with Gasteiger partial charge in [-0.1, -0.05) is 18.2 Å². The number of aromatic nitrogens is 1. The molecule has 1 N–H and O–H groups in total. The third-order valence-corrected chi connectivity index (χ3v) is 3.82. The van der Waals surface area contributed by atoms with E-state index in [0.717, 1.165) is 10.8 Å². The lowest BCUT2D eigenvalue weighted by Crippen LogP contribution is -2.36. The smallest absolute Gasteiger partial charge is 0.338 e. The number of para-hydroxylation sites is 1. The van der Waals surface area contributed by atoms with Gasteiger partial charge in [0.25, 0.3) is 0 Å². The monoisotopic (exact) mass is 320 g/mol. The number of benzene rings is 1. The summed E-state index contributed by atoms with van der Waals surface area (Å²) in [4.78, 5) is 16.2. The zero-order chi connectivity index (χ0) is 15.2. The molecule has 1 atom stereocenters. The van der Waals surface area contributed by atoms with E-state index in [4.69, 9.17) is 14.2 Å². The lowest BCUT2D eigenvalue weighted by Gasteiger charge is -2.21. The number of anilines is 2. The maximum atomic E-state index is 11.8. The Bertz CT molecular complexity index is 611. The molecule has 0 amide bonds. The van der Waals surface area contributed by atoms with Crippen LogP contribution >= 0.6 is 11.3 Å². The third kappa shape index (κ3) is 4.03.